The van der Waals surface area contributed by atoms with Crippen LogP contribution in [-0.4, -0.2) is 23.1 Å². The van der Waals surface area contributed by atoms with Gasteiger partial charge in [-0.2, -0.15) is 0 Å². The molecule has 6 heteroatoms. The van der Waals surface area contributed by atoms with Crippen LogP contribution in [0.15, 0.2) is 131 Å². The second-order valence-corrected chi connectivity index (χ2v) is 10.6. The number of benzene rings is 5. The number of nitrogens with zero attached hydrogens (tertiary/aromatic N) is 2. The van der Waals surface area contributed by atoms with Crippen molar-refractivity contribution < 1.29 is 14.3 Å². The molecule has 0 atom stereocenters. The Labute approximate surface area is 243 Å². The van der Waals surface area contributed by atoms with Gasteiger partial charge in [-0.1, -0.05) is 97.1 Å². The molecule has 5 nitrogen and oxygen atoms in total. The fraction of sp³-hybridized carbons (Fsp3) is 0.0857. The summed E-state index contributed by atoms with van der Waals surface area (Å²) in [5.74, 6) is 1.17. The lowest BCUT2D eigenvalue weighted by atomic mass is 10.1. The molecule has 1 aliphatic heterocycles. The minimum Gasteiger partial charge on any atom is -0.493 e. The molecule has 1 heterocycles. The van der Waals surface area contributed by atoms with Gasteiger partial charge in [0.1, 0.15) is 6.61 Å². The van der Waals surface area contributed by atoms with Crippen LogP contribution in [0, 0.1) is 0 Å². The molecular weight excluding hydrogens is 528 g/mol. The lowest BCUT2D eigenvalue weighted by Gasteiger charge is -2.15. The van der Waals surface area contributed by atoms with E-state index in [9.17, 15) is 4.79 Å². The number of methoxy groups -OCH3 is 1. The molecule has 0 radical (unpaired) electrons. The van der Waals surface area contributed by atoms with E-state index in [2.05, 4.69) is 24.3 Å². The van der Waals surface area contributed by atoms with Crippen molar-refractivity contribution in [3.8, 4) is 11.5 Å². The van der Waals surface area contributed by atoms with E-state index in [-0.39, 0.29) is 5.91 Å². The van der Waals surface area contributed by atoms with Crippen molar-refractivity contribution in [3.05, 3.63) is 143 Å². The average molecular weight is 557 g/mol. The number of para-hydroxylation sites is 1. The van der Waals surface area contributed by atoms with Crippen LogP contribution in [0.1, 0.15) is 16.7 Å². The number of aliphatic imine (C=N–C) groups is 1. The molecule has 0 N–H and O–H groups in total. The van der Waals surface area contributed by atoms with Gasteiger partial charge in [0.2, 0.25) is 0 Å². The number of carbonyl (C=O) groups excluding carboxylic acids is 1. The molecule has 41 heavy (non-hydrogen) atoms. The first-order chi connectivity index (χ1) is 20.2. The Balaban J connectivity index is 1.25. The molecule has 0 aliphatic carbocycles. The zero-order valence-corrected chi connectivity index (χ0v) is 23.4. The lowest BCUT2D eigenvalue weighted by molar-refractivity contribution is -0.122. The van der Waals surface area contributed by atoms with Gasteiger partial charge >= 0.3 is 0 Å². The van der Waals surface area contributed by atoms with Gasteiger partial charge in [-0.15, -0.1) is 0 Å². The van der Waals surface area contributed by atoms with E-state index >= 15 is 0 Å². The average Bonchev–Trinajstić information content (AvgIpc) is 3.30. The summed E-state index contributed by atoms with van der Waals surface area (Å²) in [6.45, 7) is 0.861. The summed E-state index contributed by atoms with van der Waals surface area (Å²) < 4.78 is 11.9. The third kappa shape index (κ3) is 6.03. The number of ether oxygens (including phenoxy) is 2. The summed E-state index contributed by atoms with van der Waals surface area (Å²) >= 11 is 1.38. The van der Waals surface area contributed by atoms with E-state index in [0.717, 1.165) is 22.4 Å². The first-order valence-electron chi connectivity index (χ1n) is 13.3. The Bertz CT molecular complexity index is 1740. The maximum absolute atomic E-state index is 13.6. The maximum atomic E-state index is 13.6. The topological polar surface area (TPSA) is 51.1 Å². The van der Waals surface area contributed by atoms with Gasteiger partial charge in [0.25, 0.3) is 5.91 Å². The van der Waals surface area contributed by atoms with Crippen molar-refractivity contribution in [1.29, 1.82) is 0 Å². The molecule has 0 aromatic heterocycles. The summed E-state index contributed by atoms with van der Waals surface area (Å²) in [6, 6.07) is 39.9. The van der Waals surface area contributed by atoms with Gasteiger partial charge in [0, 0.05) is 0 Å². The third-order valence-corrected chi connectivity index (χ3v) is 7.81. The normalized spacial score (nSPS) is 15.1. The zero-order valence-electron chi connectivity index (χ0n) is 22.6. The van der Waals surface area contributed by atoms with Gasteiger partial charge in [-0.05, 0) is 69.6 Å². The predicted molar refractivity (Wildman–Crippen MR) is 167 cm³/mol. The Hall–Kier alpha value is -4.81. The number of hydrogen-bond donors (Lipinski definition) is 0. The minimum absolute atomic E-state index is 0.0798. The van der Waals surface area contributed by atoms with E-state index in [0.29, 0.717) is 34.7 Å². The van der Waals surface area contributed by atoms with Crippen LogP contribution in [0.25, 0.3) is 16.8 Å². The van der Waals surface area contributed by atoms with Crippen molar-refractivity contribution in [2.75, 3.05) is 7.11 Å². The van der Waals surface area contributed by atoms with Crippen LogP contribution in [-0.2, 0) is 17.9 Å². The van der Waals surface area contributed by atoms with Crippen molar-refractivity contribution in [3.63, 3.8) is 0 Å². The quantitative estimate of drug-likeness (QED) is 0.181. The standard InChI is InChI=1S/C35H28N2O3S/c1-39-32-21-26(19-20-31(32)40-24-28-15-10-14-27-13-8-9-18-30(27)28)22-33-34(38)37(23-25-11-4-2-5-12-25)35(41-33)36-29-16-6-3-7-17-29/h2-22H,23-24H2,1H3/b33-22+,36-35?. The summed E-state index contributed by atoms with van der Waals surface area (Å²) in [7, 11) is 1.62. The third-order valence-electron chi connectivity index (χ3n) is 6.80. The summed E-state index contributed by atoms with van der Waals surface area (Å²) in [4.78, 5) is 20.7. The monoisotopic (exact) mass is 556 g/mol. The molecule has 5 aromatic carbocycles. The second kappa shape index (κ2) is 12.1. The summed E-state index contributed by atoms with van der Waals surface area (Å²) in [6.07, 6.45) is 1.88. The van der Waals surface area contributed by atoms with E-state index in [1.165, 1.54) is 22.5 Å². The van der Waals surface area contributed by atoms with Crippen LogP contribution in [0.5, 0.6) is 11.5 Å². The Kier molecular flexibility index (Phi) is 7.83. The predicted octanol–water partition coefficient (Wildman–Crippen LogP) is 8.23. The molecular formula is C35H28N2O3S. The molecule has 1 saturated heterocycles. The van der Waals surface area contributed by atoms with Gasteiger partial charge in [-0.25, -0.2) is 4.99 Å². The molecule has 5 aromatic rings. The van der Waals surface area contributed by atoms with Crippen LogP contribution in [0.2, 0.25) is 0 Å². The number of carbonyl (C=O) groups is 1. The van der Waals surface area contributed by atoms with E-state index < -0.39 is 0 Å². The molecule has 1 amide bonds. The Morgan fingerprint density at radius 2 is 1.54 bits per heavy atom. The number of hydrogen-bond acceptors (Lipinski definition) is 5. The molecule has 0 spiro atoms. The Morgan fingerprint density at radius 1 is 0.805 bits per heavy atom. The van der Waals surface area contributed by atoms with Crippen molar-refractivity contribution in [1.82, 2.24) is 4.90 Å². The van der Waals surface area contributed by atoms with Gasteiger partial charge in [-0.3, -0.25) is 9.69 Å². The second-order valence-electron chi connectivity index (χ2n) is 9.55. The molecule has 0 saturated carbocycles. The molecule has 202 valence electrons. The molecule has 1 fully saturated rings. The van der Waals surface area contributed by atoms with Crippen molar-refractivity contribution in [2.45, 2.75) is 13.2 Å². The van der Waals surface area contributed by atoms with Gasteiger partial charge < -0.3 is 9.47 Å². The van der Waals surface area contributed by atoms with Gasteiger partial charge in [0.15, 0.2) is 16.7 Å². The number of rotatable bonds is 8. The highest BCUT2D eigenvalue weighted by Gasteiger charge is 2.33. The smallest absolute Gasteiger partial charge is 0.267 e. The molecule has 0 bridgehead atoms. The van der Waals surface area contributed by atoms with Crippen LogP contribution >= 0.6 is 11.8 Å². The maximum Gasteiger partial charge on any atom is 0.267 e. The van der Waals surface area contributed by atoms with Crippen LogP contribution in [0.3, 0.4) is 0 Å². The van der Waals surface area contributed by atoms with E-state index in [1.807, 2.05) is 103 Å². The lowest BCUT2D eigenvalue weighted by Crippen LogP contribution is -2.28. The molecule has 6 rings (SSSR count). The summed E-state index contributed by atoms with van der Waals surface area (Å²) in [5.41, 5.74) is 3.79. The Morgan fingerprint density at radius 3 is 2.34 bits per heavy atom. The highest BCUT2D eigenvalue weighted by atomic mass is 32.2. The fourth-order valence-corrected chi connectivity index (χ4v) is 5.73. The first-order valence-corrected chi connectivity index (χ1v) is 14.2. The highest BCUT2D eigenvalue weighted by molar-refractivity contribution is 8.18. The number of amidine groups is 1. The SMILES string of the molecule is COc1cc(/C=C2/SC(=Nc3ccccc3)N(Cc3ccccc3)C2=O)ccc1OCc1cccc2ccccc12. The molecule has 0 unspecified atom stereocenters. The summed E-state index contributed by atoms with van der Waals surface area (Å²) in [5, 5.41) is 3.00. The van der Waals surface area contributed by atoms with Crippen LogP contribution in [0.4, 0.5) is 5.69 Å². The number of thioether (sulfide) groups is 1. The van der Waals surface area contributed by atoms with E-state index in [4.69, 9.17) is 14.5 Å². The van der Waals surface area contributed by atoms with Crippen molar-refractivity contribution >= 4 is 45.4 Å². The highest BCUT2D eigenvalue weighted by Crippen LogP contribution is 2.37. The number of fused-ring (bicyclic) bond motifs is 1. The van der Waals surface area contributed by atoms with Crippen LogP contribution < -0.4 is 9.47 Å². The largest absolute Gasteiger partial charge is 0.493 e. The first kappa shape index (κ1) is 26.4. The number of amides is 1. The van der Waals surface area contributed by atoms with E-state index in [1.54, 1.807) is 12.0 Å². The van der Waals surface area contributed by atoms with Crippen molar-refractivity contribution in [2.24, 2.45) is 4.99 Å². The molecule has 1 aliphatic rings. The zero-order chi connectivity index (χ0) is 28.0. The van der Waals surface area contributed by atoms with Gasteiger partial charge in [0.05, 0.1) is 24.2 Å². The fourth-order valence-electron chi connectivity index (χ4n) is 4.73. The minimum atomic E-state index is -0.0798.